The van der Waals surface area contributed by atoms with Crippen molar-refractivity contribution in [2.75, 3.05) is 19.8 Å². The Bertz CT molecular complexity index is 240. The Hall–Kier alpha value is -0.560. The fourth-order valence-electron chi connectivity index (χ4n) is 2.18. The van der Waals surface area contributed by atoms with Gasteiger partial charge in [-0.05, 0) is 20.3 Å². The lowest BCUT2D eigenvalue weighted by Gasteiger charge is -2.40. The third-order valence-corrected chi connectivity index (χ3v) is 3.10. The first-order valence-corrected chi connectivity index (χ1v) is 6.04. The van der Waals surface area contributed by atoms with Crippen LogP contribution < -0.4 is 0 Å². The highest BCUT2D eigenvalue weighted by Gasteiger charge is 2.39. The fourth-order valence-corrected chi connectivity index (χ4v) is 2.18. The van der Waals surface area contributed by atoms with Crippen molar-refractivity contribution in [1.29, 1.82) is 0 Å². The average molecular weight is 226 g/mol. The van der Waals surface area contributed by atoms with Crippen LogP contribution in [0.3, 0.4) is 0 Å². The Balaban J connectivity index is 2.55. The van der Waals surface area contributed by atoms with Gasteiger partial charge in [-0.15, -0.1) is 11.8 Å². The van der Waals surface area contributed by atoms with Gasteiger partial charge in [0.05, 0.1) is 11.7 Å². The van der Waals surface area contributed by atoms with E-state index in [1.807, 2.05) is 13.8 Å². The maximum atomic E-state index is 10.2. The topological polar surface area (TPSA) is 38.7 Å². The number of aliphatic hydroxyl groups is 1. The minimum absolute atomic E-state index is 0.400. The molecule has 0 aliphatic carbocycles. The minimum atomic E-state index is -0.433. The van der Waals surface area contributed by atoms with Crippen LogP contribution in [0.25, 0.3) is 0 Å². The van der Waals surface area contributed by atoms with Crippen molar-refractivity contribution in [3.8, 4) is 11.8 Å². The van der Waals surface area contributed by atoms with Gasteiger partial charge in [-0.1, -0.05) is 0 Å². The smallest absolute Gasteiger partial charge is 0.0984 e. The molecule has 3 nitrogen and oxygen atoms in total. The summed E-state index contributed by atoms with van der Waals surface area (Å²) < 4.78 is 11.1. The van der Waals surface area contributed by atoms with Gasteiger partial charge in [-0.25, -0.2) is 0 Å². The van der Waals surface area contributed by atoms with Gasteiger partial charge in [0.1, 0.15) is 0 Å². The van der Waals surface area contributed by atoms with Gasteiger partial charge in [0, 0.05) is 39.1 Å². The van der Waals surface area contributed by atoms with Crippen LogP contribution in [-0.4, -0.2) is 36.6 Å². The van der Waals surface area contributed by atoms with Crippen LogP contribution in [0.2, 0.25) is 0 Å². The van der Waals surface area contributed by atoms with Crippen LogP contribution in [0.15, 0.2) is 0 Å². The van der Waals surface area contributed by atoms with E-state index >= 15 is 0 Å². The molecule has 1 rings (SSSR count). The van der Waals surface area contributed by atoms with E-state index in [0.717, 1.165) is 19.3 Å². The van der Waals surface area contributed by atoms with Crippen LogP contribution in [0, 0.1) is 11.8 Å². The highest BCUT2D eigenvalue weighted by Crippen LogP contribution is 2.31. The summed E-state index contributed by atoms with van der Waals surface area (Å²) in [6, 6.07) is 0. The van der Waals surface area contributed by atoms with Crippen molar-refractivity contribution in [2.45, 2.75) is 51.2 Å². The van der Waals surface area contributed by atoms with E-state index < -0.39 is 11.7 Å². The van der Waals surface area contributed by atoms with Crippen molar-refractivity contribution in [1.82, 2.24) is 0 Å². The zero-order chi connectivity index (χ0) is 11.9. The molecule has 0 aromatic carbocycles. The van der Waals surface area contributed by atoms with Crippen molar-refractivity contribution >= 4 is 0 Å². The van der Waals surface area contributed by atoms with Crippen LogP contribution in [0.5, 0.6) is 0 Å². The standard InChI is InChI=1S/C13H22O3/c1-3-5-6-7-12(14)13(16-4-2)8-10-15-11-9-13/h12,14H,4,6-11H2,1-2H3. The predicted octanol–water partition coefficient (Wildman–Crippen LogP) is 1.74. The molecule has 0 bridgehead atoms. The van der Waals surface area contributed by atoms with Gasteiger partial charge in [0.2, 0.25) is 0 Å². The number of rotatable bonds is 5. The summed E-state index contributed by atoms with van der Waals surface area (Å²) in [6.07, 6.45) is 2.54. The summed E-state index contributed by atoms with van der Waals surface area (Å²) in [5.41, 5.74) is -0.400. The second-order valence-corrected chi connectivity index (χ2v) is 4.09. The second-order valence-electron chi connectivity index (χ2n) is 4.09. The predicted molar refractivity (Wildman–Crippen MR) is 63.1 cm³/mol. The van der Waals surface area contributed by atoms with Gasteiger partial charge >= 0.3 is 0 Å². The highest BCUT2D eigenvalue weighted by molar-refractivity contribution is 4.98. The van der Waals surface area contributed by atoms with Crippen molar-refractivity contribution in [3.05, 3.63) is 0 Å². The number of ether oxygens (including phenoxy) is 2. The summed E-state index contributed by atoms with van der Waals surface area (Å²) >= 11 is 0. The van der Waals surface area contributed by atoms with Gasteiger partial charge in [-0.3, -0.25) is 0 Å². The molecule has 1 unspecified atom stereocenters. The lowest BCUT2D eigenvalue weighted by molar-refractivity contribution is -0.166. The summed E-state index contributed by atoms with van der Waals surface area (Å²) in [6.45, 7) is 5.78. The third-order valence-electron chi connectivity index (χ3n) is 3.10. The van der Waals surface area contributed by atoms with Crippen LogP contribution >= 0.6 is 0 Å². The monoisotopic (exact) mass is 226 g/mol. The molecular weight excluding hydrogens is 204 g/mol. The summed E-state index contributed by atoms with van der Waals surface area (Å²) in [5, 5.41) is 10.2. The normalized spacial score (nSPS) is 20.9. The first-order valence-electron chi connectivity index (χ1n) is 6.04. The molecule has 92 valence electrons. The quantitative estimate of drug-likeness (QED) is 0.726. The van der Waals surface area contributed by atoms with Crippen molar-refractivity contribution in [3.63, 3.8) is 0 Å². The number of hydrogen-bond acceptors (Lipinski definition) is 3. The Labute approximate surface area is 98.1 Å². The Kier molecular flexibility index (Phi) is 5.83. The summed E-state index contributed by atoms with van der Waals surface area (Å²) in [5.74, 6) is 5.82. The molecule has 1 fully saturated rings. The van der Waals surface area contributed by atoms with E-state index in [0.29, 0.717) is 26.2 Å². The SMILES string of the molecule is CC#CCCC(O)C1(OCC)CCOCC1. The lowest BCUT2D eigenvalue weighted by Crippen LogP contribution is -2.49. The molecule has 1 heterocycles. The van der Waals surface area contributed by atoms with Gasteiger partial charge < -0.3 is 14.6 Å². The first kappa shape index (κ1) is 13.5. The molecule has 1 aliphatic heterocycles. The van der Waals surface area contributed by atoms with Gasteiger partial charge in [-0.2, -0.15) is 0 Å². The molecule has 1 atom stereocenters. The molecule has 3 heteroatoms. The summed E-state index contributed by atoms with van der Waals surface area (Å²) in [7, 11) is 0. The maximum Gasteiger partial charge on any atom is 0.0984 e. The average Bonchev–Trinajstić information content (AvgIpc) is 2.31. The third kappa shape index (κ3) is 3.48. The van der Waals surface area contributed by atoms with Gasteiger partial charge in [0.15, 0.2) is 0 Å². The van der Waals surface area contributed by atoms with E-state index in [4.69, 9.17) is 9.47 Å². The second kappa shape index (κ2) is 6.90. The highest BCUT2D eigenvalue weighted by atomic mass is 16.5. The van der Waals surface area contributed by atoms with E-state index in [9.17, 15) is 5.11 Å². The molecule has 1 saturated heterocycles. The van der Waals surface area contributed by atoms with Crippen LogP contribution in [0.4, 0.5) is 0 Å². The van der Waals surface area contributed by atoms with Crippen molar-refractivity contribution < 1.29 is 14.6 Å². The maximum absolute atomic E-state index is 10.2. The number of hydrogen-bond donors (Lipinski definition) is 1. The molecular formula is C13H22O3. The van der Waals surface area contributed by atoms with Crippen molar-refractivity contribution in [2.24, 2.45) is 0 Å². The molecule has 0 radical (unpaired) electrons. The largest absolute Gasteiger partial charge is 0.390 e. The van der Waals surface area contributed by atoms with E-state index in [1.54, 1.807) is 0 Å². The molecule has 16 heavy (non-hydrogen) atoms. The van der Waals surface area contributed by atoms with Gasteiger partial charge in [0.25, 0.3) is 0 Å². The zero-order valence-electron chi connectivity index (χ0n) is 10.3. The van der Waals surface area contributed by atoms with E-state index in [1.165, 1.54) is 0 Å². The Morgan fingerprint density at radius 3 is 2.69 bits per heavy atom. The molecule has 0 spiro atoms. The molecule has 0 aromatic rings. The molecule has 0 saturated carbocycles. The van der Waals surface area contributed by atoms with Crippen LogP contribution in [0.1, 0.15) is 39.5 Å². The number of aliphatic hydroxyl groups excluding tert-OH is 1. The Morgan fingerprint density at radius 1 is 1.44 bits per heavy atom. The molecule has 0 aromatic heterocycles. The molecule has 1 aliphatic rings. The summed E-state index contributed by atoms with van der Waals surface area (Å²) in [4.78, 5) is 0. The van der Waals surface area contributed by atoms with E-state index in [2.05, 4.69) is 11.8 Å². The van der Waals surface area contributed by atoms with Crippen LogP contribution in [-0.2, 0) is 9.47 Å². The Morgan fingerprint density at radius 2 is 2.12 bits per heavy atom. The lowest BCUT2D eigenvalue weighted by atomic mass is 9.85. The molecule has 0 amide bonds. The first-order chi connectivity index (χ1) is 7.75. The zero-order valence-corrected chi connectivity index (χ0v) is 10.3. The minimum Gasteiger partial charge on any atom is -0.390 e. The molecule has 1 N–H and O–H groups in total. The fraction of sp³-hybridized carbons (Fsp3) is 0.846. The van der Waals surface area contributed by atoms with E-state index in [-0.39, 0.29) is 0 Å².